The molecule has 0 aliphatic carbocycles. The number of aromatic nitrogens is 1. The third-order valence-corrected chi connectivity index (χ3v) is 4.55. The first-order valence-electron chi connectivity index (χ1n) is 7.95. The van der Waals surface area contributed by atoms with Crippen LogP contribution in [0.15, 0.2) is 29.3 Å². The molecule has 1 aromatic heterocycles. The lowest BCUT2D eigenvalue weighted by atomic mass is 10.1. The number of hydrogen-bond donors (Lipinski definition) is 1. The molecule has 0 saturated heterocycles. The molecule has 0 aliphatic heterocycles. The highest BCUT2D eigenvalue weighted by Crippen LogP contribution is 2.27. The molecule has 2 rings (SSSR count). The minimum absolute atomic E-state index is 0.134. The van der Waals surface area contributed by atoms with Crippen molar-refractivity contribution in [3.05, 3.63) is 46.6 Å². The number of aryl methyl sites for hydroxylation is 2. The van der Waals surface area contributed by atoms with Gasteiger partial charge in [-0.3, -0.25) is 4.79 Å². The summed E-state index contributed by atoms with van der Waals surface area (Å²) < 4.78 is 10.4. The number of ether oxygens (including phenoxy) is 2. The van der Waals surface area contributed by atoms with Gasteiger partial charge in [0.1, 0.15) is 16.8 Å². The first-order chi connectivity index (χ1) is 12.5. The molecule has 0 spiro atoms. The Hall–Kier alpha value is -2.56. The maximum Gasteiger partial charge on any atom is 0.234 e. The number of nitrogens with one attached hydrogen (secondary N) is 1. The number of rotatable bonds is 7. The van der Waals surface area contributed by atoms with Gasteiger partial charge >= 0.3 is 0 Å². The van der Waals surface area contributed by atoms with Crippen molar-refractivity contribution in [2.45, 2.75) is 25.5 Å². The number of anilines is 1. The maximum atomic E-state index is 12.3. The summed E-state index contributed by atoms with van der Waals surface area (Å²) in [5.74, 6) is 0.538. The van der Waals surface area contributed by atoms with E-state index in [1.807, 2.05) is 38.1 Å². The number of hydrogen-bond acceptors (Lipinski definition) is 6. The summed E-state index contributed by atoms with van der Waals surface area (Å²) in [7, 11) is 3.13. The fourth-order valence-corrected chi connectivity index (χ4v) is 3.31. The van der Waals surface area contributed by atoms with Gasteiger partial charge in [0.15, 0.2) is 0 Å². The van der Waals surface area contributed by atoms with Crippen LogP contribution in [0.3, 0.4) is 0 Å². The van der Waals surface area contributed by atoms with Gasteiger partial charge in [-0.2, -0.15) is 5.26 Å². The summed E-state index contributed by atoms with van der Waals surface area (Å²) in [5, 5.41) is 12.8. The van der Waals surface area contributed by atoms with E-state index in [-0.39, 0.29) is 11.7 Å². The van der Waals surface area contributed by atoms with E-state index in [1.165, 1.54) is 11.8 Å². The van der Waals surface area contributed by atoms with Gasteiger partial charge in [0.2, 0.25) is 5.91 Å². The van der Waals surface area contributed by atoms with Gasteiger partial charge < -0.3 is 14.8 Å². The second kappa shape index (κ2) is 9.22. The van der Waals surface area contributed by atoms with Crippen molar-refractivity contribution >= 4 is 23.4 Å². The number of amides is 1. The molecule has 7 heteroatoms. The number of carbonyl (C=O) groups is 1. The summed E-state index contributed by atoms with van der Waals surface area (Å²) in [4.78, 5) is 16.7. The zero-order valence-corrected chi connectivity index (χ0v) is 16.1. The van der Waals surface area contributed by atoms with Crippen molar-refractivity contribution in [1.29, 1.82) is 5.26 Å². The molecule has 0 aliphatic rings. The van der Waals surface area contributed by atoms with Crippen LogP contribution in [0.1, 0.15) is 22.4 Å². The van der Waals surface area contributed by atoms with E-state index in [4.69, 9.17) is 9.47 Å². The van der Waals surface area contributed by atoms with Gasteiger partial charge in [-0.15, -0.1) is 0 Å². The van der Waals surface area contributed by atoms with Gasteiger partial charge in [0.05, 0.1) is 30.7 Å². The summed E-state index contributed by atoms with van der Waals surface area (Å²) in [5.41, 5.74) is 3.63. The van der Waals surface area contributed by atoms with E-state index < -0.39 is 0 Å². The van der Waals surface area contributed by atoms with Crippen LogP contribution in [0.25, 0.3) is 0 Å². The molecule has 1 heterocycles. The zero-order valence-electron chi connectivity index (χ0n) is 15.3. The minimum atomic E-state index is -0.195. The first kappa shape index (κ1) is 19.8. The standard InChI is InChI=1S/C19H21N3O3S/c1-12-5-6-17(25-4)16(7-12)22-18(23)11-26-19-15(9-20)14(10-24-3)8-13(2)21-19/h5-8H,10-11H2,1-4H3,(H,22,23). The SMILES string of the molecule is COCc1cc(C)nc(SCC(=O)Nc2cc(C)ccc2OC)c1C#N. The summed E-state index contributed by atoms with van der Waals surface area (Å²) >= 11 is 1.23. The molecular formula is C19H21N3O3S. The highest BCUT2D eigenvalue weighted by atomic mass is 32.2. The Bertz CT molecular complexity index is 847. The number of methoxy groups -OCH3 is 2. The van der Waals surface area contributed by atoms with E-state index in [2.05, 4.69) is 16.4 Å². The lowest BCUT2D eigenvalue weighted by Gasteiger charge is -2.12. The van der Waals surface area contributed by atoms with Crippen molar-refractivity contribution in [1.82, 2.24) is 4.98 Å². The Kier molecular flexibility index (Phi) is 7.01. The Balaban J connectivity index is 2.13. The number of thioether (sulfide) groups is 1. The van der Waals surface area contributed by atoms with Crippen LogP contribution in [0.2, 0.25) is 0 Å². The van der Waals surface area contributed by atoms with E-state index in [9.17, 15) is 10.1 Å². The number of carbonyl (C=O) groups excluding carboxylic acids is 1. The fourth-order valence-electron chi connectivity index (χ4n) is 2.44. The van der Waals surface area contributed by atoms with E-state index in [0.29, 0.717) is 28.6 Å². The van der Waals surface area contributed by atoms with Crippen molar-refractivity contribution in [2.75, 3.05) is 25.3 Å². The molecule has 1 amide bonds. The van der Waals surface area contributed by atoms with Crippen molar-refractivity contribution in [2.24, 2.45) is 0 Å². The molecule has 0 unspecified atom stereocenters. The van der Waals surface area contributed by atoms with Crippen molar-refractivity contribution < 1.29 is 14.3 Å². The van der Waals surface area contributed by atoms with Crippen LogP contribution in [0.4, 0.5) is 5.69 Å². The topological polar surface area (TPSA) is 84.2 Å². The Morgan fingerprint density at radius 1 is 1.31 bits per heavy atom. The predicted molar refractivity (Wildman–Crippen MR) is 101 cm³/mol. The van der Waals surface area contributed by atoms with Crippen molar-refractivity contribution in [3.63, 3.8) is 0 Å². The Labute approximate surface area is 157 Å². The second-order valence-electron chi connectivity index (χ2n) is 5.69. The molecular weight excluding hydrogens is 350 g/mol. The van der Waals surface area contributed by atoms with Crippen molar-refractivity contribution in [3.8, 4) is 11.8 Å². The molecule has 26 heavy (non-hydrogen) atoms. The summed E-state index contributed by atoms with van der Waals surface area (Å²) in [6, 6.07) is 9.56. The molecule has 0 atom stereocenters. The molecule has 2 aromatic rings. The van der Waals surface area contributed by atoms with E-state index in [1.54, 1.807) is 14.2 Å². The average molecular weight is 371 g/mol. The number of pyridine rings is 1. The first-order valence-corrected chi connectivity index (χ1v) is 8.94. The largest absolute Gasteiger partial charge is 0.495 e. The number of nitriles is 1. The fraction of sp³-hybridized carbons (Fsp3) is 0.316. The van der Waals surface area contributed by atoms with E-state index in [0.717, 1.165) is 16.8 Å². The predicted octanol–water partition coefficient (Wildman–Crippen LogP) is 3.46. The van der Waals surface area contributed by atoms with Crippen LogP contribution < -0.4 is 10.1 Å². The maximum absolute atomic E-state index is 12.3. The quantitative estimate of drug-likeness (QED) is 0.751. The van der Waals surface area contributed by atoms with Crippen LogP contribution >= 0.6 is 11.8 Å². The van der Waals surface area contributed by atoms with Crippen LogP contribution in [-0.2, 0) is 16.1 Å². The monoisotopic (exact) mass is 371 g/mol. The molecule has 0 bridgehead atoms. The molecule has 0 fully saturated rings. The molecule has 0 radical (unpaired) electrons. The lowest BCUT2D eigenvalue weighted by Crippen LogP contribution is -2.15. The zero-order chi connectivity index (χ0) is 19.1. The number of nitrogens with zero attached hydrogens (tertiary/aromatic N) is 2. The van der Waals surface area contributed by atoms with Gasteiger partial charge in [0.25, 0.3) is 0 Å². The molecule has 1 N–H and O–H groups in total. The summed E-state index contributed by atoms with van der Waals surface area (Å²) in [6.07, 6.45) is 0. The third kappa shape index (κ3) is 4.97. The van der Waals surface area contributed by atoms with Crippen LogP contribution in [-0.4, -0.2) is 30.9 Å². The number of benzene rings is 1. The minimum Gasteiger partial charge on any atom is -0.495 e. The molecule has 6 nitrogen and oxygen atoms in total. The second-order valence-corrected chi connectivity index (χ2v) is 6.65. The smallest absolute Gasteiger partial charge is 0.234 e. The molecule has 136 valence electrons. The molecule has 0 saturated carbocycles. The van der Waals surface area contributed by atoms with Gasteiger partial charge in [-0.1, -0.05) is 17.8 Å². The Morgan fingerprint density at radius 2 is 2.08 bits per heavy atom. The van der Waals surface area contributed by atoms with E-state index >= 15 is 0 Å². The Morgan fingerprint density at radius 3 is 2.73 bits per heavy atom. The van der Waals surface area contributed by atoms with Gasteiger partial charge in [-0.25, -0.2) is 4.98 Å². The molecule has 1 aromatic carbocycles. The van der Waals surface area contributed by atoms with Crippen LogP contribution in [0.5, 0.6) is 5.75 Å². The highest BCUT2D eigenvalue weighted by Gasteiger charge is 2.14. The van der Waals surface area contributed by atoms with Crippen LogP contribution in [0, 0.1) is 25.2 Å². The highest BCUT2D eigenvalue weighted by molar-refractivity contribution is 8.00. The van der Waals surface area contributed by atoms with Gasteiger partial charge in [-0.05, 0) is 43.2 Å². The normalized spacial score (nSPS) is 10.3. The average Bonchev–Trinajstić information content (AvgIpc) is 2.60. The summed E-state index contributed by atoms with van der Waals surface area (Å²) in [6.45, 7) is 4.12. The van der Waals surface area contributed by atoms with Gasteiger partial charge in [0, 0.05) is 12.8 Å². The third-order valence-electron chi connectivity index (χ3n) is 3.58. The lowest BCUT2D eigenvalue weighted by molar-refractivity contribution is -0.113.